The molecule has 0 saturated heterocycles. The molecule has 2 heterocycles. The van der Waals surface area contributed by atoms with Gasteiger partial charge in [-0.3, -0.25) is 9.78 Å². The van der Waals surface area contributed by atoms with Crippen molar-refractivity contribution in [3.8, 4) is 0 Å². The van der Waals surface area contributed by atoms with E-state index < -0.39 is 0 Å². The molecule has 1 aliphatic rings. The van der Waals surface area contributed by atoms with Gasteiger partial charge >= 0.3 is 0 Å². The van der Waals surface area contributed by atoms with Crippen molar-refractivity contribution in [2.45, 2.75) is 0 Å². The molecule has 1 amide bonds. The zero-order valence-corrected chi connectivity index (χ0v) is 9.35. The highest BCUT2D eigenvalue weighted by atomic mass is 19.1. The normalized spacial score (nSPS) is 15.6. The first kappa shape index (κ1) is 10.7. The minimum absolute atomic E-state index is 0.235. The summed E-state index contributed by atoms with van der Waals surface area (Å²) in [7, 11) is 0. The molecular weight excluding hydrogens is 231 g/mol. The Kier molecular flexibility index (Phi) is 2.41. The molecule has 0 spiro atoms. The highest BCUT2D eigenvalue weighted by molar-refractivity contribution is 6.34. The van der Waals surface area contributed by atoms with Crippen molar-refractivity contribution in [3.63, 3.8) is 0 Å². The van der Waals surface area contributed by atoms with E-state index in [2.05, 4.69) is 10.3 Å². The Balaban J connectivity index is 2.12. The summed E-state index contributed by atoms with van der Waals surface area (Å²) in [6.45, 7) is 0. The fourth-order valence-corrected chi connectivity index (χ4v) is 1.91. The lowest BCUT2D eigenvalue weighted by atomic mass is 10.1. The maximum atomic E-state index is 13.2. The topological polar surface area (TPSA) is 42.0 Å². The predicted molar refractivity (Wildman–Crippen MR) is 67.1 cm³/mol. The van der Waals surface area contributed by atoms with Gasteiger partial charge in [-0.1, -0.05) is 6.07 Å². The molecule has 3 nitrogen and oxygen atoms in total. The minimum Gasteiger partial charge on any atom is -0.321 e. The first-order valence-electron chi connectivity index (χ1n) is 5.48. The van der Waals surface area contributed by atoms with E-state index in [9.17, 15) is 9.18 Å². The number of nitrogens with one attached hydrogen (secondary N) is 1. The molecule has 0 saturated carbocycles. The van der Waals surface area contributed by atoms with E-state index in [0.29, 0.717) is 22.5 Å². The standard InChI is InChI=1S/C14H9FN2O/c15-9-4-5-13-11(7-9)12(14(18)17-13)8-10-3-1-2-6-16-10/h1-8H,(H,17,18)/b12-8+. The van der Waals surface area contributed by atoms with Crippen molar-refractivity contribution >= 4 is 23.2 Å². The summed E-state index contributed by atoms with van der Waals surface area (Å²) in [5.74, 6) is -0.599. The Labute approximate surface area is 103 Å². The fraction of sp³-hybridized carbons (Fsp3) is 0. The summed E-state index contributed by atoms with van der Waals surface area (Å²) in [5, 5.41) is 2.69. The van der Waals surface area contributed by atoms with E-state index in [1.54, 1.807) is 30.5 Å². The number of carbonyl (C=O) groups excluding carboxylic acids is 1. The smallest absolute Gasteiger partial charge is 0.256 e. The number of aromatic nitrogens is 1. The average molecular weight is 240 g/mol. The number of nitrogens with zero attached hydrogens (tertiary/aromatic N) is 1. The Morgan fingerprint density at radius 3 is 2.89 bits per heavy atom. The molecule has 0 bridgehead atoms. The van der Waals surface area contributed by atoms with Crippen LogP contribution in [0, 0.1) is 5.82 Å². The van der Waals surface area contributed by atoms with Gasteiger partial charge < -0.3 is 5.32 Å². The fourth-order valence-electron chi connectivity index (χ4n) is 1.91. The van der Waals surface area contributed by atoms with Crippen LogP contribution in [0.15, 0.2) is 42.6 Å². The van der Waals surface area contributed by atoms with Gasteiger partial charge in [0.1, 0.15) is 5.82 Å². The number of hydrogen-bond acceptors (Lipinski definition) is 2. The van der Waals surface area contributed by atoms with E-state index in [-0.39, 0.29) is 11.7 Å². The van der Waals surface area contributed by atoms with Crippen LogP contribution >= 0.6 is 0 Å². The Morgan fingerprint density at radius 2 is 2.11 bits per heavy atom. The van der Waals surface area contributed by atoms with Crippen molar-refractivity contribution in [1.82, 2.24) is 4.98 Å². The van der Waals surface area contributed by atoms with Crippen LogP contribution in [0.1, 0.15) is 11.3 Å². The molecule has 18 heavy (non-hydrogen) atoms. The molecule has 3 rings (SSSR count). The number of rotatable bonds is 1. The van der Waals surface area contributed by atoms with E-state index in [4.69, 9.17) is 0 Å². The van der Waals surface area contributed by atoms with Crippen molar-refractivity contribution in [1.29, 1.82) is 0 Å². The first-order valence-corrected chi connectivity index (χ1v) is 5.48. The lowest BCUT2D eigenvalue weighted by molar-refractivity contribution is -0.110. The van der Waals surface area contributed by atoms with Gasteiger partial charge in [0.05, 0.1) is 11.3 Å². The highest BCUT2D eigenvalue weighted by Crippen LogP contribution is 2.33. The molecule has 4 heteroatoms. The second-order valence-corrected chi connectivity index (χ2v) is 3.96. The molecule has 1 aliphatic heterocycles. The van der Waals surface area contributed by atoms with Gasteiger partial charge in [-0.25, -0.2) is 4.39 Å². The van der Waals surface area contributed by atoms with Crippen LogP contribution in [-0.2, 0) is 4.79 Å². The number of pyridine rings is 1. The number of carbonyl (C=O) groups is 1. The summed E-state index contributed by atoms with van der Waals surface area (Å²) >= 11 is 0. The summed E-state index contributed by atoms with van der Waals surface area (Å²) in [6, 6.07) is 9.65. The summed E-state index contributed by atoms with van der Waals surface area (Å²) in [6.07, 6.45) is 3.30. The third-order valence-electron chi connectivity index (χ3n) is 2.74. The maximum absolute atomic E-state index is 13.2. The van der Waals surface area contributed by atoms with Crippen molar-refractivity contribution < 1.29 is 9.18 Å². The first-order chi connectivity index (χ1) is 8.74. The lowest BCUT2D eigenvalue weighted by Gasteiger charge is -1.98. The third kappa shape index (κ3) is 1.78. The van der Waals surface area contributed by atoms with Crippen LogP contribution in [0.25, 0.3) is 11.6 Å². The van der Waals surface area contributed by atoms with Gasteiger partial charge in [0.2, 0.25) is 0 Å². The van der Waals surface area contributed by atoms with Crippen LogP contribution in [0.2, 0.25) is 0 Å². The third-order valence-corrected chi connectivity index (χ3v) is 2.74. The molecular formula is C14H9FN2O. The average Bonchev–Trinajstić information content (AvgIpc) is 2.67. The second-order valence-electron chi connectivity index (χ2n) is 3.96. The van der Waals surface area contributed by atoms with Crippen molar-refractivity contribution in [2.24, 2.45) is 0 Å². The molecule has 0 fully saturated rings. The second kappa shape index (κ2) is 4.07. The SMILES string of the molecule is O=C1Nc2ccc(F)cc2/C1=C\c1ccccn1. The maximum Gasteiger partial charge on any atom is 0.256 e. The summed E-state index contributed by atoms with van der Waals surface area (Å²) in [5.41, 5.74) is 2.30. The van der Waals surface area contributed by atoms with Crippen LogP contribution in [0.4, 0.5) is 10.1 Å². The summed E-state index contributed by atoms with van der Waals surface area (Å²) < 4.78 is 13.2. The van der Waals surface area contributed by atoms with E-state index in [1.165, 1.54) is 12.1 Å². The molecule has 2 aromatic rings. The quantitative estimate of drug-likeness (QED) is 0.779. The summed E-state index contributed by atoms with van der Waals surface area (Å²) in [4.78, 5) is 15.9. The Morgan fingerprint density at radius 1 is 1.22 bits per heavy atom. The van der Waals surface area contributed by atoms with Crippen LogP contribution < -0.4 is 5.32 Å². The zero-order chi connectivity index (χ0) is 12.5. The largest absolute Gasteiger partial charge is 0.321 e. The van der Waals surface area contributed by atoms with E-state index in [0.717, 1.165) is 0 Å². The molecule has 1 aromatic carbocycles. The molecule has 0 unspecified atom stereocenters. The number of benzene rings is 1. The van der Waals surface area contributed by atoms with Crippen molar-refractivity contribution in [3.05, 3.63) is 59.7 Å². The van der Waals surface area contributed by atoms with Gasteiger partial charge in [0, 0.05) is 17.4 Å². The minimum atomic E-state index is -0.364. The number of halogens is 1. The lowest BCUT2D eigenvalue weighted by Crippen LogP contribution is -2.03. The van der Waals surface area contributed by atoms with Crippen molar-refractivity contribution in [2.75, 3.05) is 5.32 Å². The van der Waals surface area contributed by atoms with Gasteiger partial charge in [0.15, 0.2) is 0 Å². The van der Waals surface area contributed by atoms with Crippen LogP contribution in [0.3, 0.4) is 0 Å². The molecule has 0 atom stereocenters. The van der Waals surface area contributed by atoms with Gasteiger partial charge in [-0.2, -0.15) is 0 Å². The molecule has 1 aromatic heterocycles. The van der Waals surface area contributed by atoms with Crippen LogP contribution in [-0.4, -0.2) is 10.9 Å². The number of hydrogen-bond donors (Lipinski definition) is 1. The number of anilines is 1. The Hall–Kier alpha value is -2.49. The van der Waals surface area contributed by atoms with Crippen LogP contribution in [0.5, 0.6) is 0 Å². The molecule has 0 radical (unpaired) electrons. The van der Waals surface area contributed by atoms with Gasteiger partial charge in [-0.05, 0) is 36.4 Å². The zero-order valence-electron chi connectivity index (χ0n) is 9.35. The molecule has 88 valence electrons. The molecule has 0 aliphatic carbocycles. The number of amides is 1. The Bertz CT molecular complexity index is 650. The number of fused-ring (bicyclic) bond motifs is 1. The van der Waals surface area contributed by atoms with E-state index >= 15 is 0 Å². The highest BCUT2D eigenvalue weighted by Gasteiger charge is 2.24. The molecule has 1 N–H and O–H groups in total. The van der Waals surface area contributed by atoms with Gasteiger partial charge in [0.25, 0.3) is 5.91 Å². The van der Waals surface area contributed by atoms with E-state index in [1.807, 2.05) is 6.07 Å². The van der Waals surface area contributed by atoms with Gasteiger partial charge in [-0.15, -0.1) is 0 Å². The predicted octanol–water partition coefficient (Wildman–Crippen LogP) is 2.71. The monoisotopic (exact) mass is 240 g/mol.